The molecule has 134 valence electrons. The van der Waals surface area contributed by atoms with Gasteiger partial charge in [-0.15, -0.1) is 0 Å². The van der Waals surface area contributed by atoms with Gasteiger partial charge in [-0.25, -0.2) is 9.18 Å². The summed E-state index contributed by atoms with van der Waals surface area (Å²) in [4.78, 5) is 29.4. The molecule has 2 aliphatic heterocycles. The second kappa shape index (κ2) is 6.79. The van der Waals surface area contributed by atoms with Gasteiger partial charge in [0.05, 0.1) is 25.5 Å². The molecule has 0 saturated carbocycles. The number of benzene rings is 1. The van der Waals surface area contributed by atoms with Gasteiger partial charge in [0.2, 0.25) is 5.60 Å². The zero-order valence-corrected chi connectivity index (χ0v) is 14.0. The maximum absolute atomic E-state index is 13.3. The summed E-state index contributed by atoms with van der Waals surface area (Å²) in [6.45, 7) is 1.84. The number of nitrogens with zero attached hydrogens (tertiary/aromatic N) is 1. The highest BCUT2D eigenvalue weighted by Gasteiger charge is 2.44. The van der Waals surface area contributed by atoms with E-state index in [1.54, 1.807) is 19.1 Å². The minimum atomic E-state index is -1.19. The fourth-order valence-electron chi connectivity index (χ4n) is 2.85. The van der Waals surface area contributed by atoms with Crippen LogP contribution in [0.5, 0.6) is 0 Å². The zero-order valence-electron chi connectivity index (χ0n) is 14.0. The number of halogens is 1. The van der Waals surface area contributed by atoms with Crippen molar-refractivity contribution in [1.82, 2.24) is 5.32 Å². The van der Waals surface area contributed by atoms with E-state index in [9.17, 15) is 14.0 Å². The SMILES string of the molecule is COC(=O)C1CC(NC(=O)C2(C)CC(c3cccc(F)c3)=NO2)CO1. The molecule has 1 aromatic carbocycles. The third-order valence-corrected chi connectivity index (χ3v) is 4.30. The van der Waals surface area contributed by atoms with E-state index < -0.39 is 17.7 Å². The predicted octanol–water partition coefficient (Wildman–Crippen LogP) is 1.16. The minimum Gasteiger partial charge on any atom is -0.467 e. The van der Waals surface area contributed by atoms with Crippen LogP contribution in [0.15, 0.2) is 29.4 Å². The van der Waals surface area contributed by atoms with E-state index >= 15 is 0 Å². The molecule has 0 aromatic heterocycles. The van der Waals surface area contributed by atoms with Crippen molar-refractivity contribution in [1.29, 1.82) is 0 Å². The van der Waals surface area contributed by atoms with Gasteiger partial charge < -0.3 is 19.6 Å². The van der Waals surface area contributed by atoms with Crippen LogP contribution >= 0.6 is 0 Å². The first-order valence-electron chi connectivity index (χ1n) is 7.92. The summed E-state index contributed by atoms with van der Waals surface area (Å²) < 4.78 is 23.3. The van der Waals surface area contributed by atoms with E-state index in [2.05, 4.69) is 15.2 Å². The first-order valence-corrected chi connectivity index (χ1v) is 7.92. The Labute approximate surface area is 144 Å². The lowest BCUT2D eigenvalue weighted by atomic mass is 9.94. The number of esters is 1. The summed E-state index contributed by atoms with van der Waals surface area (Å²) in [7, 11) is 1.29. The van der Waals surface area contributed by atoms with Crippen LogP contribution in [0, 0.1) is 5.82 Å². The first-order chi connectivity index (χ1) is 11.9. The van der Waals surface area contributed by atoms with Gasteiger partial charge in [0, 0.05) is 18.4 Å². The van der Waals surface area contributed by atoms with Gasteiger partial charge in [0.1, 0.15) is 5.82 Å². The molecule has 8 heteroatoms. The topological polar surface area (TPSA) is 86.2 Å². The van der Waals surface area contributed by atoms with Crippen LogP contribution in [0.4, 0.5) is 4.39 Å². The van der Waals surface area contributed by atoms with Gasteiger partial charge in [-0.3, -0.25) is 4.79 Å². The van der Waals surface area contributed by atoms with Crippen molar-refractivity contribution in [2.75, 3.05) is 13.7 Å². The number of rotatable bonds is 4. The van der Waals surface area contributed by atoms with Crippen LogP contribution in [0.2, 0.25) is 0 Å². The molecule has 7 nitrogen and oxygen atoms in total. The molecular formula is C17H19FN2O5. The average Bonchev–Trinajstić information content (AvgIpc) is 3.22. The van der Waals surface area contributed by atoms with Crippen LogP contribution in [0.25, 0.3) is 0 Å². The summed E-state index contributed by atoms with van der Waals surface area (Å²) in [6.07, 6.45) is -0.116. The fourth-order valence-corrected chi connectivity index (χ4v) is 2.85. The molecule has 2 heterocycles. The van der Waals surface area contributed by atoms with Gasteiger partial charge in [-0.05, 0) is 19.1 Å². The molecule has 1 aromatic rings. The number of hydrogen-bond donors (Lipinski definition) is 1. The molecule has 25 heavy (non-hydrogen) atoms. The van der Waals surface area contributed by atoms with Gasteiger partial charge in [0.15, 0.2) is 6.10 Å². The molecular weight excluding hydrogens is 331 g/mol. The normalized spacial score (nSPS) is 28.2. The summed E-state index contributed by atoms with van der Waals surface area (Å²) in [6, 6.07) is 5.66. The Morgan fingerprint density at radius 2 is 2.24 bits per heavy atom. The lowest BCUT2D eigenvalue weighted by Crippen LogP contribution is -2.49. The Morgan fingerprint density at radius 3 is 2.96 bits per heavy atom. The van der Waals surface area contributed by atoms with Gasteiger partial charge in [-0.1, -0.05) is 17.3 Å². The molecule has 3 unspecified atom stereocenters. The first kappa shape index (κ1) is 17.3. The summed E-state index contributed by atoms with van der Waals surface area (Å²) in [5.41, 5.74) is -0.107. The van der Waals surface area contributed by atoms with Crippen molar-refractivity contribution < 1.29 is 28.3 Å². The molecule has 0 aliphatic carbocycles. The molecule has 1 amide bonds. The Balaban J connectivity index is 1.59. The molecule has 0 radical (unpaired) electrons. The van der Waals surface area contributed by atoms with Crippen molar-refractivity contribution in [3.8, 4) is 0 Å². The van der Waals surface area contributed by atoms with Crippen molar-refractivity contribution in [3.05, 3.63) is 35.6 Å². The van der Waals surface area contributed by atoms with Gasteiger partial charge in [0.25, 0.3) is 5.91 Å². The van der Waals surface area contributed by atoms with Crippen LogP contribution in [-0.2, 0) is 23.9 Å². The van der Waals surface area contributed by atoms with Gasteiger partial charge >= 0.3 is 5.97 Å². The zero-order chi connectivity index (χ0) is 18.0. The van der Waals surface area contributed by atoms with E-state index in [0.717, 1.165) is 0 Å². The van der Waals surface area contributed by atoms with E-state index in [4.69, 9.17) is 9.57 Å². The number of amides is 1. The Morgan fingerprint density at radius 1 is 1.44 bits per heavy atom. The Bertz CT molecular complexity index is 723. The highest BCUT2D eigenvalue weighted by atomic mass is 19.1. The number of hydrogen-bond acceptors (Lipinski definition) is 6. The summed E-state index contributed by atoms with van der Waals surface area (Å²) in [5.74, 6) is -1.20. The average molecular weight is 350 g/mol. The molecule has 3 rings (SSSR count). The highest BCUT2D eigenvalue weighted by molar-refractivity contribution is 6.05. The summed E-state index contributed by atoms with van der Waals surface area (Å²) >= 11 is 0. The number of carbonyl (C=O) groups is 2. The van der Waals surface area contributed by atoms with Gasteiger partial charge in [-0.2, -0.15) is 0 Å². The Kier molecular flexibility index (Phi) is 4.71. The van der Waals surface area contributed by atoms with Crippen molar-refractivity contribution in [3.63, 3.8) is 0 Å². The lowest BCUT2D eigenvalue weighted by molar-refractivity contribution is -0.151. The highest BCUT2D eigenvalue weighted by Crippen LogP contribution is 2.28. The number of carbonyl (C=O) groups excluding carboxylic acids is 2. The number of oxime groups is 1. The fraction of sp³-hybridized carbons (Fsp3) is 0.471. The molecule has 2 aliphatic rings. The van der Waals surface area contributed by atoms with Crippen molar-refractivity contribution in [2.24, 2.45) is 5.16 Å². The largest absolute Gasteiger partial charge is 0.467 e. The molecule has 1 N–H and O–H groups in total. The minimum absolute atomic E-state index is 0.219. The molecule has 1 saturated heterocycles. The smallest absolute Gasteiger partial charge is 0.335 e. The van der Waals surface area contributed by atoms with E-state index in [-0.39, 0.29) is 30.8 Å². The molecule has 0 spiro atoms. The van der Waals surface area contributed by atoms with E-state index in [0.29, 0.717) is 17.7 Å². The monoisotopic (exact) mass is 350 g/mol. The van der Waals surface area contributed by atoms with E-state index in [1.807, 2.05) is 0 Å². The molecule has 0 bridgehead atoms. The molecule has 3 atom stereocenters. The second-order valence-corrected chi connectivity index (χ2v) is 6.30. The quantitative estimate of drug-likeness (QED) is 0.824. The predicted molar refractivity (Wildman–Crippen MR) is 85.3 cm³/mol. The number of ether oxygens (including phenoxy) is 2. The maximum Gasteiger partial charge on any atom is 0.335 e. The van der Waals surface area contributed by atoms with Crippen LogP contribution in [-0.4, -0.2) is 49.1 Å². The lowest BCUT2D eigenvalue weighted by Gasteiger charge is -2.22. The van der Waals surface area contributed by atoms with E-state index in [1.165, 1.54) is 19.2 Å². The second-order valence-electron chi connectivity index (χ2n) is 6.30. The maximum atomic E-state index is 13.3. The van der Waals surface area contributed by atoms with Crippen molar-refractivity contribution >= 4 is 17.6 Å². The Hall–Kier alpha value is -2.48. The number of nitrogens with one attached hydrogen (secondary N) is 1. The van der Waals surface area contributed by atoms with Crippen molar-refractivity contribution in [2.45, 2.75) is 37.5 Å². The third-order valence-electron chi connectivity index (χ3n) is 4.30. The standard InChI is InChI=1S/C17H19FN2O5/c1-17(8-13(20-25-17)10-4-3-5-11(18)6-10)16(22)19-12-7-14(24-9-12)15(21)23-2/h3-6,12,14H,7-9H2,1-2H3,(H,19,22). The molecule has 1 fully saturated rings. The number of methoxy groups -OCH3 is 1. The van der Waals surface area contributed by atoms with Crippen LogP contribution < -0.4 is 5.32 Å². The van der Waals surface area contributed by atoms with Crippen LogP contribution in [0.1, 0.15) is 25.3 Å². The summed E-state index contributed by atoms with van der Waals surface area (Å²) in [5, 5.41) is 6.75. The third kappa shape index (κ3) is 3.63. The van der Waals surface area contributed by atoms with Crippen LogP contribution in [0.3, 0.4) is 0 Å².